The van der Waals surface area contributed by atoms with E-state index in [2.05, 4.69) is 5.32 Å². The number of nitrogens with one attached hydrogen (secondary N) is 1. The zero-order chi connectivity index (χ0) is 13.7. The Morgan fingerprint density at radius 3 is 2.95 bits per heavy atom. The highest BCUT2D eigenvalue weighted by atomic mass is 35.5. The number of rotatable bonds is 6. The van der Waals surface area contributed by atoms with Crippen molar-refractivity contribution in [3.8, 4) is 0 Å². The summed E-state index contributed by atoms with van der Waals surface area (Å²) in [5.41, 5.74) is 6.88. The molecule has 1 aliphatic heterocycles. The first-order chi connectivity index (χ1) is 9.15. The van der Waals surface area contributed by atoms with E-state index in [0.29, 0.717) is 28.1 Å². The molecular weight excluding hydrogens is 284 g/mol. The van der Waals surface area contributed by atoms with E-state index < -0.39 is 0 Å². The van der Waals surface area contributed by atoms with E-state index in [1.54, 1.807) is 18.2 Å². The Kier molecular flexibility index (Phi) is 5.36. The number of thioether (sulfide) groups is 1. The number of hydrogen-bond acceptors (Lipinski definition) is 4. The highest BCUT2D eigenvalue weighted by Gasteiger charge is 2.18. The Bertz CT molecular complexity index is 452. The fraction of sp³-hybridized carbons (Fsp3) is 0.462. The molecule has 3 N–H and O–H groups in total. The largest absolute Gasteiger partial charge is 0.397 e. The highest BCUT2D eigenvalue weighted by molar-refractivity contribution is 8.00. The van der Waals surface area contributed by atoms with Crippen molar-refractivity contribution < 1.29 is 9.53 Å². The molecule has 104 valence electrons. The molecule has 1 aromatic carbocycles. The van der Waals surface area contributed by atoms with Crippen molar-refractivity contribution in [2.45, 2.75) is 18.1 Å². The molecule has 1 aromatic rings. The minimum absolute atomic E-state index is 0.0144. The van der Waals surface area contributed by atoms with Crippen molar-refractivity contribution in [2.24, 2.45) is 0 Å². The highest BCUT2D eigenvalue weighted by Crippen LogP contribution is 2.23. The summed E-state index contributed by atoms with van der Waals surface area (Å²) in [7, 11) is 0. The van der Waals surface area contributed by atoms with Crippen molar-refractivity contribution in [1.82, 2.24) is 0 Å². The van der Waals surface area contributed by atoms with E-state index in [4.69, 9.17) is 22.1 Å². The van der Waals surface area contributed by atoms with Crippen LogP contribution in [0.4, 0.5) is 11.4 Å². The number of amides is 1. The Balaban J connectivity index is 1.68. The van der Waals surface area contributed by atoms with E-state index in [-0.39, 0.29) is 5.91 Å². The van der Waals surface area contributed by atoms with Gasteiger partial charge in [0.05, 0.1) is 29.8 Å². The van der Waals surface area contributed by atoms with Crippen LogP contribution in [0.25, 0.3) is 0 Å². The first-order valence-electron chi connectivity index (χ1n) is 6.19. The molecule has 6 heteroatoms. The molecule has 0 aromatic heterocycles. The number of anilines is 2. The molecule has 0 aliphatic carbocycles. The molecule has 0 atom stereocenters. The third kappa shape index (κ3) is 4.60. The van der Waals surface area contributed by atoms with E-state index in [1.807, 2.05) is 11.8 Å². The van der Waals surface area contributed by atoms with Gasteiger partial charge in [-0.1, -0.05) is 11.6 Å². The summed E-state index contributed by atoms with van der Waals surface area (Å²) in [5, 5.41) is 3.98. The minimum Gasteiger partial charge on any atom is -0.397 e. The Labute approximate surface area is 122 Å². The van der Waals surface area contributed by atoms with E-state index in [9.17, 15) is 4.79 Å². The average Bonchev–Trinajstić information content (AvgIpc) is 2.30. The molecule has 0 saturated carbocycles. The Morgan fingerprint density at radius 1 is 1.53 bits per heavy atom. The van der Waals surface area contributed by atoms with Crippen molar-refractivity contribution in [1.29, 1.82) is 0 Å². The van der Waals surface area contributed by atoms with E-state index >= 15 is 0 Å². The molecule has 19 heavy (non-hydrogen) atoms. The molecule has 1 heterocycles. The molecule has 2 rings (SSSR count). The summed E-state index contributed by atoms with van der Waals surface area (Å²) in [6.45, 7) is 1.69. The topological polar surface area (TPSA) is 64.3 Å². The predicted octanol–water partition coefficient (Wildman–Crippen LogP) is 2.77. The monoisotopic (exact) mass is 300 g/mol. The minimum atomic E-state index is -0.0144. The maximum atomic E-state index is 11.7. The number of benzene rings is 1. The molecule has 1 fully saturated rings. The van der Waals surface area contributed by atoms with Crippen molar-refractivity contribution in [3.63, 3.8) is 0 Å². The zero-order valence-electron chi connectivity index (χ0n) is 10.5. The molecule has 0 bridgehead atoms. The van der Waals surface area contributed by atoms with Gasteiger partial charge in [0, 0.05) is 11.4 Å². The van der Waals surface area contributed by atoms with Gasteiger partial charge in [-0.15, -0.1) is 0 Å². The van der Waals surface area contributed by atoms with Crippen LogP contribution < -0.4 is 11.1 Å². The predicted molar refractivity (Wildman–Crippen MR) is 80.8 cm³/mol. The van der Waals surface area contributed by atoms with Gasteiger partial charge in [-0.3, -0.25) is 4.79 Å². The van der Waals surface area contributed by atoms with Gasteiger partial charge in [0.25, 0.3) is 0 Å². The molecule has 0 unspecified atom stereocenters. The maximum absolute atomic E-state index is 11.7. The fourth-order valence-electron chi connectivity index (χ4n) is 1.65. The molecular formula is C13H17ClN2O2S. The van der Waals surface area contributed by atoms with Gasteiger partial charge >= 0.3 is 0 Å². The molecule has 4 nitrogen and oxygen atoms in total. The van der Waals surface area contributed by atoms with Crippen molar-refractivity contribution >= 4 is 40.6 Å². The third-order valence-electron chi connectivity index (χ3n) is 2.80. The lowest BCUT2D eigenvalue weighted by Gasteiger charge is -2.25. The number of carbonyl (C=O) groups excluding carboxylic acids is 1. The van der Waals surface area contributed by atoms with Crippen LogP contribution in [0.1, 0.15) is 12.8 Å². The number of carbonyl (C=O) groups is 1. The molecule has 0 spiro atoms. The van der Waals surface area contributed by atoms with Crippen LogP contribution in [0.5, 0.6) is 0 Å². The third-order valence-corrected chi connectivity index (χ3v) is 4.30. The lowest BCUT2D eigenvalue weighted by atomic mass is 10.2. The smallest absolute Gasteiger partial charge is 0.224 e. The second-order valence-electron chi connectivity index (χ2n) is 4.41. The fourth-order valence-corrected chi connectivity index (χ4v) is 2.86. The first kappa shape index (κ1) is 14.5. The number of ether oxygens (including phenoxy) is 1. The van der Waals surface area contributed by atoms with Gasteiger partial charge in [-0.25, -0.2) is 0 Å². The van der Waals surface area contributed by atoms with E-state index in [0.717, 1.165) is 25.4 Å². The van der Waals surface area contributed by atoms with Gasteiger partial charge in [0.15, 0.2) is 0 Å². The first-order valence-corrected chi connectivity index (χ1v) is 7.62. The van der Waals surface area contributed by atoms with Crippen LogP contribution in [0, 0.1) is 0 Å². The number of hydrogen-bond donors (Lipinski definition) is 2. The summed E-state index contributed by atoms with van der Waals surface area (Å²) < 4.78 is 5.09. The van der Waals surface area contributed by atoms with Crippen LogP contribution in [0.15, 0.2) is 18.2 Å². The molecule has 1 amide bonds. The lowest BCUT2D eigenvalue weighted by Crippen LogP contribution is -2.30. The van der Waals surface area contributed by atoms with Crippen LogP contribution in [-0.4, -0.2) is 30.1 Å². The van der Waals surface area contributed by atoms with Gasteiger partial charge < -0.3 is 15.8 Å². The molecule has 0 radical (unpaired) electrons. The lowest BCUT2D eigenvalue weighted by molar-refractivity contribution is -0.116. The van der Waals surface area contributed by atoms with Crippen LogP contribution in [0.2, 0.25) is 5.02 Å². The summed E-state index contributed by atoms with van der Waals surface area (Å²) >= 11 is 7.67. The number of nitrogens with two attached hydrogens (primary N) is 1. The second kappa shape index (κ2) is 7.03. The second-order valence-corrected chi connectivity index (χ2v) is 6.26. The van der Waals surface area contributed by atoms with Crippen LogP contribution >= 0.6 is 23.4 Å². The van der Waals surface area contributed by atoms with Gasteiger partial charge in [0.1, 0.15) is 0 Å². The Hall–Kier alpha value is -0.910. The van der Waals surface area contributed by atoms with Crippen LogP contribution in [0.3, 0.4) is 0 Å². The van der Waals surface area contributed by atoms with Gasteiger partial charge in [0.2, 0.25) is 5.91 Å². The Morgan fingerprint density at radius 2 is 2.32 bits per heavy atom. The number of nitrogen functional groups attached to an aromatic ring is 1. The zero-order valence-corrected chi connectivity index (χ0v) is 12.1. The quantitative estimate of drug-likeness (QED) is 0.626. The van der Waals surface area contributed by atoms with Gasteiger partial charge in [-0.05, 0) is 30.4 Å². The van der Waals surface area contributed by atoms with Crippen molar-refractivity contribution in [2.75, 3.05) is 30.0 Å². The average molecular weight is 301 g/mol. The van der Waals surface area contributed by atoms with E-state index in [1.165, 1.54) is 0 Å². The molecule has 1 saturated heterocycles. The summed E-state index contributed by atoms with van der Waals surface area (Å²) in [6, 6.07) is 5.06. The van der Waals surface area contributed by atoms with Gasteiger partial charge in [-0.2, -0.15) is 11.8 Å². The SMILES string of the molecule is Nc1cc(Cl)ccc1NC(=O)CCCSC1COC1. The standard InChI is InChI=1S/C13H17ClN2O2S/c14-9-3-4-12(11(15)6-9)16-13(17)2-1-5-19-10-7-18-8-10/h3-4,6,10H,1-2,5,7-8,15H2,(H,16,17). The van der Waals surface area contributed by atoms with Crippen molar-refractivity contribution in [3.05, 3.63) is 23.2 Å². The molecule has 1 aliphatic rings. The normalized spacial score (nSPS) is 15.0. The summed E-state index contributed by atoms with van der Waals surface area (Å²) in [6.07, 6.45) is 1.36. The van der Waals surface area contributed by atoms with Crippen LogP contribution in [-0.2, 0) is 9.53 Å². The summed E-state index contributed by atoms with van der Waals surface area (Å²) in [5.74, 6) is 0.969. The number of halogens is 1. The maximum Gasteiger partial charge on any atom is 0.224 e. The summed E-state index contributed by atoms with van der Waals surface area (Å²) in [4.78, 5) is 11.7.